The summed E-state index contributed by atoms with van der Waals surface area (Å²) >= 11 is 0. The monoisotopic (exact) mass is 289 g/mol. The Kier molecular flexibility index (Phi) is 8.52. The molecule has 0 aliphatic heterocycles. The molecular weight excluding hydrogens is 266 g/mol. The van der Waals surface area contributed by atoms with Crippen molar-refractivity contribution in [2.45, 2.75) is 12.8 Å². The van der Waals surface area contributed by atoms with Crippen molar-refractivity contribution in [2.24, 2.45) is 10.7 Å². The lowest BCUT2D eigenvalue weighted by Crippen LogP contribution is -2.27. The van der Waals surface area contributed by atoms with Crippen LogP contribution in [0.15, 0.2) is 29.5 Å². The zero-order valence-corrected chi connectivity index (χ0v) is 12.4. The first-order valence-corrected chi connectivity index (χ1v) is 7.01. The largest absolute Gasteiger partial charge is 0.330 e. The molecule has 1 heterocycles. The Morgan fingerprint density at radius 3 is 2.76 bits per heavy atom. The molecule has 1 aromatic rings. The topological polar surface area (TPSA) is 102 Å². The Balaban J connectivity index is 2.37. The van der Waals surface area contributed by atoms with E-state index in [1.54, 1.807) is 12.4 Å². The molecule has 21 heavy (non-hydrogen) atoms. The van der Waals surface area contributed by atoms with Crippen LogP contribution in [-0.2, 0) is 0 Å². The summed E-state index contributed by atoms with van der Waals surface area (Å²) in [6, 6.07) is 3.63. The molecule has 1 rings (SSSR count). The van der Waals surface area contributed by atoms with Crippen LogP contribution in [0.1, 0.15) is 12.8 Å². The summed E-state index contributed by atoms with van der Waals surface area (Å²) in [6.07, 6.45) is 7.17. The number of nitrogens with two attached hydrogens (primary N) is 1. The molecular formula is C14H23N7. The standard InChI is InChI=1S/C14H23N7/c1-21(10-2-6-15)11-3-7-18-14(19-12-16)20-13-4-8-17-9-5-13/h4-5,8-9H,2-3,6-7,10-11,15H2,1H3,(H2,17,18,19,20). The number of nitrogens with zero attached hydrogens (tertiary/aromatic N) is 4. The molecule has 114 valence electrons. The Labute approximate surface area is 125 Å². The number of anilines is 1. The predicted molar refractivity (Wildman–Crippen MR) is 84.7 cm³/mol. The number of rotatable bonds is 8. The minimum absolute atomic E-state index is 0.452. The van der Waals surface area contributed by atoms with Crippen molar-refractivity contribution in [1.82, 2.24) is 15.2 Å². The minimum atomic E-state index is 0.452. The first-order valence-electron chi connectivity index (χ1n) is 7.01. The van der Waals surface area contributed by atoms with Gasteiger partial charge in [0.25, 0.3) is 0 Å². The van der Waals surface area contributed by atoms with Crippen molar-refractivity contribution >= 4 is 11.6 Å². The Morgan fingerprint density at radius 1 is 1.38 bits per heavy atom. The van der Waals surface area contributed by atoms with Crippen LogP contribution in [0.5, 0.6) is 0 Å². The van der Waals surface area contributed by atoms with Gasteiger partial charge in [0.2, 0.25) is 5.96 Å². The van der Waals surface area contributed by atoms with Gasteiger partial charge in [-0.15, -0.1) is 0 Å². The number of hydrogen-bond acceptors (Lipinski definition) is 5. The fourth-order valence-electron chi connectivity index (χ4n) is 1.74. The molecule has 0 bridgehead atoms. The highest BCUT2D eigenvalue weighted by Crippen LogP contribution is 2.02. The van der Waals surface area contributed by atoms with Gasteiger partial charge in [-0.3, -0.25) is 15.3 Å². The molecule has 0 fully saturated rings. The van der Waals surface area contributed by atoms with E-state index in [4.69, 9.17) is 11.0 Å². The maximum absolute atomic E-state index is 8.74. The van der Waals surface area contributed by atoms with Gasteiger partial charge in [-0.25, -0.2) is 0 Å². The number of nitriles is 1. The second kappa shape index (κ2) is 10.6. The van der Waals surface area contributed by atoms with E-state index in [1.807, 2.05) is 18.3 Å². The molecule has 0 atom stereocenters. The van der Waals surface area contributed by atoms with Crippen molar-refractivity contribution < 1.29 is 0 Å². The zero-order chi connectivity index (χ0) is 15.3. The van der Waals surface area contributed by atoms with Gasteiger partial charge in [0.15, 0.2) is 6.19 Å². The van der Waals surface area contributed by atoms with Crippen LogP contribution >= 0.6 is 0 Å². The average Bonchev–Trinajstić information content (AvgIpc) is 2.50. The molecule has 0 amide bonds. The zero-order valence-electron chi connectivity index (χ0n) is 12.4. The van der Waals surface area contributed by atoms with Crippen molar-refractivity contribution in [1.29, 1.82) is 5.26 Å². The maximum atomic E-state index is 8.74. The molecule has 0 aliphatic carbocycles. The van der Waals surface area contributed by atoms with Gasteiger partial charge < -0.3 is 16.0 Å². The van der Waals surface area contributed by atoms with E-state index in [0.29, 0.717) is 19.0 Å². The van der Waals surface area contributed by atoms with Crippen LogP contribution in [-0.4, -0.2) is 49.1 Å². The maximum Gasteiger partial charge on any atom is 0.209 e. The third-order valence-corrected chi connectivity index (χ3v) is 2.83. The van der Waals surface area contributed by atoms with Crippen LogP contribution in [0.2, 0.25) is 0 Å². The van der Waals surface area contributed by atoms with Crippen molar-refractivity contribution in [3.8, 4) is 6.19 Å². The fraction of sp³-hybridized carbons (Fsp3) is 0.500. The number of pyridine rings is 1. The van der Waals surface area contributed by atoms with Crippen LogP contribution in [0, 0.1) is 11.5 Å². The van der Waals surface area contributed by atoms with E-state index < -0.39 is 0 Å². The van der Waals surface area contributed by atoms with Gasteiger partial charge in [0.05, 0.1) is 0 Å². The molecule has 1 aromatic heterocycles. The summed E-state index contributed by atoms with van der Waals surface area (Å²) in [6.45, 7) is 3.32. The minimum Gasteiger partial charge on any atom is -0.330 e. The van der Waals surface area contributed by atoms with Crippen LogP contribution in [0.25, 0.3) is 0 Å². The molecule has 7 heteroatoms. The van der Waals surface area contributed by atoms with Gasteiger partial charge in [0.1, 0.15) is 0 Å². The highest BCUT2D eigenvalue weighted by atomic mass is 15.2. The highest BCUT2D eigenvalue weighted by Gasteiger charge is 2.00. The Morgan fingerprint density at radius 2 is 2.10 bits per heavy atom. The molecule has 0 saturated heterocycles. The summed E-state index contributed by atoms with van der Waals surface area (Å²) in [5.74, 6) is 0.452. The summed E-state index contributed by atoms with van der Waals surface area (Å²) in [5, 5.41) is 14.3. The van der Waals surface area contributed by atoms with E-state index in [0.717, 1.165) is 31.6 Å². The summed E-state index contributed by atoms with van der Waals surface area (Å²) in [7, 11) is 2.07. The van der Waals surface area contributed by atoms with Gasteiger partial charge in [-0.05, 0) is 51.7 Å². The lowest BCUT2D eigenvalue weighted by atomic mass is 10.3. The van der Waals surface area contributed by atoms with E-state index in [2.05, 4.69) is 32.6 Å². The van der Waals surface area contributed by atoms with Gasteiger partial charge in [-0.1, -0.05) is 0 Å². The van der Waals surface area contributed by atoms with Gasteiger partial charge >= 0.3 is 0 Å². The van der Waals surface area contributed by atoms with Crippen LogP contribution < -0.4 is 16.4 Å². The van der Waals surface area contributed by atoms with Gasteiger partial charge in [-0.2, -0.15) is 5.26 Å². The highest BCUT2D eigenvalue weighted by molar-refractivity contribution is 5.94. The third kappa shape index (κ3) is 7.87. The lowest BCUT2D eigenvalue weighted by molar-refractivity contribution is 0.329. The van der Waals surface area contributed by atoms with Crippen LogP contribution in [0.4, 0.5) is 5.69 Å². The van der Waals surface area contributed by atoms with Crippen molar-refractivity contribution in [3.63, 3.8) is 0 Å². The normalized spacial score (nSPS) is 11.2. The van der Waals surface area contributed by atoms with Crippen molar-refractivity contribution in [2.75, 3.05) is 38.5 Å². The number of hydrogen-bond donors (Lipinski definition) is 3. The van der Waals surface area contributed by atoms with E-state index >= 15 is 0 Å². The quantitative estimate of drug-likeness (QED) is 0.213. The third-order valence-electron chi connectivity index (χ3n) is 2.83. The number of guanidine groups is 1. The van der Waals surface area contributed by atoms with Crippen molar-refractivity contribution in [3.05, 3.63) is 24.5 Å². The predicted octanol–water partition coefficient (Wildman–Crippen LogP) is 0.591. The smallest absolute Gasteiger partial charge is 0.209 e. The molecule has 0 radical (unpaired) electrons. The van der Waals surface area contributed by atoms with Gasteiger partial charge in [0, 0.05) is 24.6 Å². The van der Waals surface area contributed by atoms with E-state index in [1.165, 1.54) is 0 Å². The van der Waals surface area contributed by atoms with E-state index in [-0.39, 0.29) is 0 Å². The summed E-state index contributed by atoms with van der Waals surface area (Å²) < 4.78 is 0. The number of nitrogens with one attached hydrogen (secondary N) is 2. The second-order valence-corrected chi connectivity index (χ2v) is 4.63. The second-order valence-electron chi connectivity index (χ2n) is 4.63. The Hall–Kier alpha value is -2.17. The molecule has 0 spiro atoms. The first-order chi connectivity index (χ1) is 10.3. The van der Waals surface area contributed by atoms with Crippen LogP contribution in [0.3, 0.4) is 0 Å². The number of aromatic nitrogens is 1. The molecule has 0 saturated carbocycles. The Bertz CT molecular complexity index is 452. The fourth-order valence-corrected chi connectivity index (χ4v) is 1.74. The molecule has 7 nitrogen and oxygen atoms in total. The SMILES string of the molecule is CN(CCCN)CCCN=C(NC#N)Nc1ccncc1. The summed E-state index contributed by atoms with van der Waals surface area (Å²) in [4.78, 5) is 10.5. The lowest BCUT2D eigenvalue weighted by Gasteiger charge is -2.15. The van der Waals surface area contributed by atoms with E-state index in [9.17, 15) is 0 Å². The summed E-state index contributed by atoms with van der Waals surface area (Å²) in [5.41, 5.74) is 6.32. The number of aliphatic imine (C=N–C) groups is 1. The molecule has 0 unspecified atom stereocenters. The first kappa shape index (κ1) is 16.9. The molecule has 4 N–H and O–H groups in total. The average molecular weight is 289 g/mol. The molecule has 0 aliphatic rings. The molecule has 0 aromatic carbocycles.